The summed E-state index contributed by atoms with van der Waals surface area (Å²) in [6.07, 6.45) is 0. The van der Waals surface area contributed by atoms with Gasteiger partial charge in [0, 0.05) is 4.90 Å². The fourth-order valence-electron chi connectivity index (χ4n) is 0.678. The van der Waals surface area contributed by atoms with Gasteiger partial charge in [-0.2, -0.15) is 13.2 Å². The smallest absolute Gasteiger partial charge is 0.245 e. The van der Waals surface area contributed by atoms with Gasteiger partial charge in [0.05, 0.1) is 0 Å². The Hall–Kier alpha value is -0.840. The van der Waals surface area contributed by atoms with Crippen LogP contribution in [-0.4, -0.2) is 9.72 Å². The number of benzene rings is 1. The van der Waals surface area contributed by atoms with Crippen molar-refractivity contribution in [1.82, 2.24) is 0 Å². The molecule has 12 heavy (non-hydrogen) atoms. The number of hydrogen-bond acceptors (Lipinski definition) is 1. The highest BCUT2D eigenvalue weighted by atomic mass is 32.2. The summed E-state index contributed by atoms with van der Waals surface area (Å²) in [5.41, 5.74) is -4.67. The van der Waals surface area contributed by atoms with Gasteiger partial charge in [0.1, 0.15) is 0 Å². The number of halogens is 3. The van der Waals surface area contributed by atoms with Crippen LogP contribution in [0.15, 0.2) is 35.2 Å². The van der Waals surface area contributed by atoms with Crippen LogP contribution in [0.2, 0.25) is 0 Å². The first kappa shape index (κ1) is 9.25. The van der Waals surface area contributed by atoms with E-state index in [1.165, 1.54) is 24.3 Å². The number of hydrogen-bond donors (Lipinski definition) is 0. The Bertz CT molecular complexity index is 280. The minimum atomic E-state index is -4.67. The second kappa shape index (κ2) is 3.26. The molecule has 1 atom stereocenters. The molecule has 0 unspecified atom stereocenters. The van der Waals surface area contributed by atoms with Crippen molar-refractivity contribution < 1.29 is 17.4 Å². The van der Waals surface area contributed by atoms with Crippen LogP contribution in [0.5, 0.6) is 0 Å². The highest BCUT2D eigenvalue weighted by Gasteiger charge is 2.37. The molecule has 0 spiro atoms. The monoisotopic (exact) mass is 194 g/mol. The van der Waals surface area contributed by atoms with Gasteiger partial charge in [0.25, 0.3) is 0 Å². The lowest BCUT2D eigenvalue weighted by atomic mass is 10.4. The Labute approximate surface area is 69.7 Å². The maximum atomic E-state index is 11.8. The molecule has 5 heteroatoms. The van der Waals surface area contributed by atoms with Crippen molar-refractivity contribution in [3.8, 4) is 0 Å². The van der Waals surface area contributed by atoms with Crippen molar-refractivity contribution >= 4 is 10.8 Å². The van der Waals surface area contributed by atoms with Gasteiger partial charge in [0.15, 0.2) is 10.8 Å². The van der Waals surface area contributed by atoms with E-state index in [0.29, 0.717) is 0 Å². The van der Waals surface area contributed by atoms with Crippen LogP contribution in [0.1, 0.15) is 0 Å². The van der Waals surface area contributed by atoms with E-state index in [1.54, 1.807) is 6.07 Å². The molecule has 0 aliphatic carbocycles. The van der Waals surface area contributed by atoms with Crippen molar-refractivity contribution in [3.05, 3.63) is 30.3 Å². The fourth-order valence-corrected chi connectivity index (χ4v) is 1.35. The molecule has 66 valence electrons. The van der Waals surface area contributed by atoms with E-state index in [-0.39, 0.29) is 4.90 Å². The van der Waals surface area contributed by atoms with Gasteiger partial charge in [0.2, 0.25) is 0 Å². The topological polar surface area (TPSA) is 17.1 Å². The van der Waals surface area contributed by atoms with Gasteiger partial charge in [-0.15, -0.1) is 0 Å². The molecule has 1 rings (SSSR count). The minimum Gasteiger partial charge on any atom is -0.245 e. The Morgan fingerprint density at radius 1 is 1.08 bits per heavy atom. The molecular formula is C7H5F3OS. The van der Waals surface area contributed by atoms with Crippen molar-refractivity contribution in [1.29, 1.82) is 0 Å². The largest absolute Gasteiger partial charge is 0.475 e. The first-order chi connectivity index (χ1) is 5.52. The van der Waals surface area contributed by atoms with Crippen LogP contribution < -0.4 is 0 Å². The van der Waals surface area contributed by atoms with E-state index in [1.807, 2.05) is 0 Å². The van der Waals surface area contributed by atoms with Crippen molar-refractivity contribution in [2.75, 3.05) is 0 Å². The zero-order valence-electron chi connectivity index (χ0n) is 5.84. The van der Waals surface area contributed by atoms with E-state index in [0.717, 1.165) is 0 Å². The summed E-state index contributed by atoms with van der Waals surface area (Å²) in [7, 11) is -2.90. The first-order valence-corrected chi connectivity index (χ1v) is 4.20. The summed E-state index contributed by atoms with van der Waals surface area (Å²) in [4.78, 5) is -0.218. The van der Waals surface area contributed by atoms with E-state index in [9.17, 15) is 17.4 Å². The predicted octanol–water partition coefficient (Wildman–Crippen LogP) is 2.31. The molecular weight excluding hydrogens is 189 g/mol. The molecule has 0 aliphatic heterocycles. The average molecular weight is 194 g/mol. The Kier molecular flexibility index (Phi) is 2.52. The molecule has 0 bridgehead atoms. The molecule has 0 saturated heterocycles. The lowest BCUT2D eigenvalue weighted by Gasteiger charge is -2.04. The average Bonchev–Trinajstić information content (AvgIpc) is 2.03. The maximum absolute atomic E-state index is 11.8. The van der Waals surface area contributed by atoms with Gasteiger partial charge in [-0.25, -0.2) is 4.21 Å². The van der Waals surface area contributed by atoms with Crippen LogP contribution in [-0.2, 0) is 10.8 Å². The standard InChI is InChI=1S/C7H5F3OS/c8-7(9,10)12(11)6-4-2-1-3-5-6/h1-5H/t12-/m0/s1. The molecule has 0 aliphatic rings. The molecule has 1 aromatic carbocycles. The molecule has 0 fully saturated rings. The maximum Gasteiger partial charge on any atom is 0.475 e. The second-order valence-corrected chi connectivity index (χ2v) is 3.50. The third-order valence-electron chi connectivity index (χ3n) is 1.17. The summed E-state index contributed by atoms with van der Waals surface area (Å²) in [5, 5.41) is 0. The molecule has 0 aromatic heterocycles. The molecule has 0 radical (unpaired) electrons. The molecule has 0 N–H and O–H groups in total. The minimum absolute atomic E-state index is 0.218. The number of rotatable bonds is 1. The van der Waals surface area contributed by atoms with Gasteiger partial charge in [-0.1, -0.05) is 18.2 Å². The van der Waals surface area contributed by atoms with E-state index in [4.69, 9.17) is 0 Å². The summed E-state index contributed by atoms with van der Waals surface area (Å²) < 4.78 is 46.2. The van der Waals surface area contributed by atoms with Gasteiger partial charge < -0.3 is 0 Å². The third-order valence-corrected chi connectivity index (χ3v) is 2.29. The van der Waals surface area contributed by atoms with Gasteiger partial charge in [-0.3, -0.25) is 0 Å². The van der Waals surface area contributed by atoms with E-state index in [2.05, 4.69) is 0 Å². The highest BCUT2D eigenvalue weighted by molar-refractivity contribution is 7.86. The normalized spacial score (nSPS) is 14.2. The Morgan fingerprint density at radius 3 is 2.00 bits per heavy atom. The molecule has 1 nitrogen and oxygen atoms in total. The third kappa shape index (κ3) is 2.07. The van der Waals surface area contributed by atoms with Gasteiger partial charge >= 0.3 is 5.51 Å². The van der Waals surface area contributed by atoms with E-state index < -0.39 is 16.3 Å². The van der Waals surface area contributed by atoms with E-state index >= 15 is 0 Å². The summed E-state index contributed by atoms with van der Waals surface area (Å²) in [6, 6.07) is 6.77. The Balaban J connectivity index is 2.94. The molecule has 0 saturated carbocycles. The fraction of sp³-hybridized carbons (Fsp3) is 0.143. The highest BCUT2D eigenvalue weighted by Crippen LogP contribution is 2.25. The first-order valence-electron chi connectivity index (χ1n) is 3.05. The van der Waals surface area contributed by atoms with Crippen molar-refractivity contribution in [2.45, 2.75) is 10.4 Å². The van der Waals surface area contributed by atoms with Crippen LogP contribution in [0.25, 0.3) is 0 Å². The van der Waals surface area contributed by atoms with Crippen LogP contribution >= 0.6 is 0 Å². The summed E-state index contributed by atoms with van der Waals surface area (Å²) in [5.74, 6) is 0. The van der Waals surface area contributed by atoms with Crippen molar-refractivity contribution in [3.63, 3.8) is 0 Å². The SMILES string of the molecule is O=[S@@](c1ccccc1)C(F)(F)F. The molecule has 0 amide bonds. The lowest BCUT2D eigenvalue weighted by molar-refractivity contribution is -0.0384. The molecule has 0 heterocycles. The molecule has 1 aromatic rings. The summed E-state index contributed by atoms with van der Waals surface area (Å²) in [6.45, 7) is 0. The van der Waals surface area contributed by atoms with Gasteiger partial charge in [-0.05, 0) is 12.1 Å². The quantitative estimate of drug-likeness (QED) is 0.670. The van der Waals surface area contributed by atoms with Crippen LogP contribution in [0, 0.1) is 0 Å². The predicted molar refractivity (Wildman–Crippen MR) is 38.9 cm³/mol. The zero-order valence-corrected chi connectivity index (χ0v) is 6.65. The lowest BCUT2D eigenvalue weighted by Crippen LogP contribution is -2.15. The second-order valence-electron chi connectivity index (χ2n) is 2.03. The summed E-state index contributed by atoms with van der Waals surface area (Å²) >= 11 is 0. The van der Waals surface area contributed by atoms with Crippen LogP contribution in [0.4, 0.5) is 13.2 Å². The Morgan fingerprint density at radius 2 is 1.58 bits per heavy atom. The van der Waals surface area contributed by atoms with Crippen molar-refractivity contribution in [2.24, 2.45) is 0 Å². The zero-order chi connectivity index (χ0) is 9.19. The van der Waals surface area contributed by atoms with Crippen LogP contribution in [0.3, 0.4) is 0 Å². The number of alkyl halides is 3.